The second-order valence-corrected chi connectivity index (χ2v) is 28.9. The van der Waals surface area contributed by atoms with Gasteiger partial charge in [-0.15, -0.1) is 5.10 Å². The van der Waals surface area contributed by atoms with Crippen molar-refractivity contribution in [2.45, 2.75) is 393 Å². The molecule has 23 heteroatoms. The minimum Gasteiger partial charge on any atom is -0.462 e. The first-order chi connectivity index (χ1) is 50.4. The van der Waals surface area contributed by atoms with Gasteiger partial charge in [-0.05, 0) is 122 Å². The van der Waals surface area contributed by atoms with Crippen molar-refractivity contribution in [3.05, 3.63) is 48.3 Å². The maximum Gasteiger partial charge on any atom is 0.306 e. The number of hydrogen-bond donors (Lipinski definition) is 3. The molecule has 5 atom stereocenters. The molecule has 2 amide bonds. The molecular formula is C82H151N5O14P2Y2. The summed E-state index contributed by atoms with van der Waals surface area (Å²) >= 11 is 0. The molecule has 1 aromatic heterocycles. The molecule has 19 nitrogen and oxygen atoms in total. The van der Waals surface area contributed by atoms with Crippen LogP contribution in [0.1, 0.15) is 367 Å². The molecule has 3 N–H and O–H groups in total. The SMILES string of the molecule is CCCCCCCC/C=C\CCCCCCCC(=O)OC[C@H](COPOCC(O)CC)OC(=O)CCCCCCC/C=C\CCCCCCCC.CCCCCCCC/C=C\CCCCCCCC(=O)O[C@@H](COP)COC(=O)CCCCCCCC(=O)NCCCn1cc(CCC(=O)NC)nn1.[Y].[Y]. The van der Waals surface area contributed by atoms with E-state index < -0.39 is 18.3 Å². The maximum atomic E-state index is 12.6. The van der Waals surface area contributed by atoms with Crippen LogP contribution in [0.3, 0.4) is 0 Å². The van der Waals surface area contributed by atoms with Gasteiger partial charge in [0.15, 0.2) is 21.2 Å². The van der Waals surface area contributed by atoms with E-state index >= 15 is 0 Å². The summed E-state index contributed by atoms with van der Waals surface area (Å²) in [5, 5.41) is 23.3. The third kappa shape index (κ3) is 80.0. The average molecular weight is 1670 g/mol. The van der Waals surface area contributed by atoms with Crippen LogP contribution in [0.15, 0.2) is 42.7 Å². The fraction of sp³-hybridized carbons (Fsp3) is 0.829. The zero-order valence-electron chi connectivity index (χ0n) is 67.0. The number of carbonyl (C=O) groups excluding carboxylic acids is 6. The van der Waals surface area contributed by atoms with Gasteiger partial charge in [-0.2, -0.15) is 0 Å². The smallest absolute Gasteiger partial charge is 0.306 e. The van der Waals surface area contributed by atoms with E-state index in [1.165, 1.54) is 173 Å². The average Bonchev–Trinajstić information content (AvgIpc) is 1.80. The standard InChI is InChI=1S/C43H81O7P.C39H70N5O7P.2Y/c1-4-7-9-11-13-15-17-19-21-23-25-27-29-31-33-35-42(45)47-38-41(39-49-51-48-37-40(44)6-3)50-43(46)36-34-32-30-28-26-24-22-20-18-16-14-12-10-8-5-2;1-3-4-5-6-7-8-9-10-11-12-13-14-15-18-22-26-39(48)51-35(33-50-52)32-49-38(47)25-21-19-16-17-20-24-37(46)41-29-23-30-44-31-34(42-43-44)27-28-36(45)40-2;;/h19-22,40-41,44,51H,4-18,23-39H2,1-3H3;10-11,31,35H,3-9,12-30,32-33,52H2,1-2H3,(H,40,45)(H,41,46);;/b21-19-,22-20-;11-10-;;/t40?,41-;35-;;/m11../s1. The number of nitrogens with zero attached hydrogens (tertiary/aromatic N) is 3. The number of esters is 4. The first-order valence-corrected chi connectivity index (χ1v) is 42.7. The zero-order valence-corrected chi connectivity index (χ0v) is 74.9. The molecule has 0 bridgehead atoms. The molecule has 0 aliphatic rings. The van der Waals surface area contributed by atoms with Crippen molar-refractivity contribution >= 4 is 54.2 Å². The zero-order chi connectivity index (χ0) is 75.2. The third-order valence-corrected chi connectivity index (χ3v) is 18.7. The van der Waals surface area contributed by atoms with Gasteiger partial charge in [-0.1, -0.05) is 243 Å². The molecule has 1 rings (SSSR count). The van der Waals surface area contributed by atoms with E-state index in [0.717, 1.165) is 115 Å². The van der Waals surface area contributed by atoms with Crippen molar-refractivity contribution < 1.29 is 132 Å². The number of aromatic nitrogens is 3. The number of nitrogens with one attached hydrogen (secondary N) is 2. The summed E-state index contributed by atoms with van der Waals surface area (Å²) in [4.78, 5) is 73.1. The van der Waals surface area contributed by atoms with E-state index in [2.05, 4.69) is 87.6 Å². The Morgan fingerprint density at radius 2 is 0.800 bits per heavy atom. The third-order valence-electron chi connectivity index (χ3n) is 17.9. The molecule has 2 radical (unpaired) electrons. The number of aliphatic hydroxyl groups is 1. The van der Waals surface area contributed by atoms with Crippen molar-refractivity contribution in [1.29, 1.82) is 0 Å². The normalized spacial score (nSPS) is 12.3. The number of ether oxygens (including phenoxy) is 4. The van der Waals surface area contributed by atoms with Crippen LogP contribution in [0.4, 0.5) is 0 Å². The Hall–Kier alpha value is -1.91. The molecule has 1 aromatic rings. The van der Waals surface area contributed by atoms with Crippen molar-refractivity contribution in [1.82, 2.24) is 25.6 Å². The molecule has 0 aliphatic carbocycles. The minimum atomic E-state index is -0.675. The Morgan fingerprint density at radius 3 is 1.18 bits per heavy atom. The Bertz CT molecular complexity index is 2220. The van der Waals surface area contributed by atoms with Gasteiger partial charge in [0.2, 0.25) is 11.8 Å². The van der Waals surface area contributed by atoms with Gasteiger partial charge in [0.1, 0.15) is 13.2 Å². The van der Waals surface area contributed by atoms with Crippen LogP contribution < -0.4 is 10.6 Å². The summed E-state index contributed by atoms with van der Waals surface area (Å²) in [6.07, 6.45) is 69.4. The number of hydrogen-bond acceptors (Lipinski definition) is 16. The maximum absolute atomic E-state index is 12.6. The van der Waals surface area contributed by atoms with E-state index in [4.69, 9.17) is 32.5 Å². The van der Waals surface area contributed by atoms with Gasteiger partial charge in [0.25, 0.3) is 0 Å². The predicted octanol–water partition coefficient (Wildman–Crippen LogP) is 20.3. The summed E-state index contributed by atoms with van der Waals surface area (Å²) in [5.41, 5.74) is 0.775. The molecule has 0 aromatic carbocycles. The van der Waals surface area contributed by atoms with Gasteiger partial charge < -0.3 is 48.3 Å². The Morgan fingerprint density at radius 1 is 0.448 bits per heavy atom. The Kier molecular flexibility index (Phi) is 87.9. The molecule has 105 heavy (non-hydrogen) atoms. The van der Waals surface area contributed by atoms with Crippen LogP contribution in [-0.4, -0.2) is 121 Å². The number of carbonyl (C=O) groups is 6. The van der Waals surface area contributed by atoms with Gasteiger partial charge in [-0.3, -0.25) is 33.4 Å². The topological polar surface area (TPSA) is 242 Å². The monoisotopic (exact) mass is 1670 g/mol. The van der Waals surface area contributed by atoms with E-state index in [1.54, 1.807) is 11.7 Å². The van der Waals surface area contributed by atoms with Gasteiger partial charge in [-0.25, -0.2) is 0 Å². The van der Waals surface area contributed by atoms with Crippen LogP contribution in [0, 0.1) is 0 Å². The molecule has 0 saturated carbocycles. The van der Waals surface area contributed by atoms with Crippen molar-refractivity contribution in [3.8, 4) is 0 Å². The Labute approximate surface area is 693 Å². The van der Waals surface area contributed by atoms with E-state index in [-0.39, 0.29) is 143 Å². The van der Waals surface area contributed by atoms with Crippen LogP contribution in [-0.2, 0) is 140 Å². The summed E-state index contributed by atoms with van der Waals surface area (Å²) in [5.74, 6) is -1.15. The number of aryl methyl sites for hydroxylation is 2. The van der Waals surface area contributed by atoms with Crippen molar-refractivity contribution in [2.75, 3.05) is 46.6 Å². The summed E-state index contributed by atoms with van der Waals surface area (Å²) < 4.78 is 39.7. The fourth-order valence-electron chi connectivity index (χ4n) is 11.4. The first kappa shape index (κ1) is 107. The second-order valence-electron chi connectivity index (χ2n) is 27.8. The second kappa shape index (κ2) is 86.1. The van der Waals surface area contributed by atoms with Gasteiger partial charge in [0, 0.05) is 146 Å². The molecule has 0 saturated heterocycles. The number of amides is 2. The first-order valence-electron chi connectivity index (χ1n) is 41.4. The fourth-order valence-corrected chi connectivity index (χ4v) is 12.2. The molecule has 0 spiro atoms. The Balaban J connectivity index is -0.00000195. The van der Waals surface area contributed by atoms with Crippen LogP contribution in [0.5, 0.6) is 0 Å². The van der Waals surface area contributed by atoms with Gasteiger partial charge in [0.05, 0.1) is 31.6 Å². The molecule has 0 fully saturated rings. The number of aliphatic hydroxyl groups excluding tert-OH is 1. The van der Waals surface area contributed by atoms with E-state index in [9.17, 15) is 33.9 Å². The minimum absolute atomic E-state index is 0. The van der Waals surface area contributed by atoms with Crippen LogP contribution in [0.25, 0.3) is 0 Å². The summed E-state index contributed by atoms with van der Waals surface area (Å²) in [6, 6.07) is 0. The van der Waals surface area contributed by atoms with Crippen LogP contribution >= 0.6 is 18.5 Å². The van der Waals surface area contributed by atoms with Crippen molar-refractivity contribution in [2.24, 2.45) is 0 Å². The molecule has 0 aliphatic heterocycles. The molecule has 1 heterocycles. The molecule has 604 valence electrons. The number of allylic oxidation sites excluding steroid dienone is 6. The molecular weight excluding hydrogens is 1520 g/mol. The van der Waals surface area contributed by atoms with E-state index in [1.807, 2.05) is 13.1 Å². The summed E-state index contributed by atoms with van der Waals surface area (Å²) in [6.45, 7) is 10.2. The molecule has 3 unspecified atom stereocenters. The number of rotatable bonds is 75. The summed E-state index contributed by atoms with van der Waals surface area (Å²) in [7, 11) is 3.47. The van der Waals surface area contributed by atoms with Gasteiger partial charge >= 0.3 is 23.9 Å². The predicted molar refractivity (Wildman–Crippen MR) is 425 cm³/mol. The van der Waals surface area contributed by atoms with Crippen molar-refractivity contribution in [3.63, 3.8) is 0 Å². The van der Waals surface area contributed by atoms with E-state index in [0.29, 0.717) is 70.9 Å². The largest absolute Gasteiger partial charge is 0.462 e. The van der Waals surface area contributed by atoms with Crippen LogP contribution in [0.2, 0.25) is 0 Å². The quantitative estimate of drug-likeness (QED) is 0.0180. The number of unbranched alkanes of at least 4 members (excludes halogenated alkanes) is 37.